The molecule has 0 radical (unpaired) electrons. The largest absolute Gasteiger partial charge is 0.468 e. The van der Waals surface area contributed by atoms with Gasteiger partial charge in [0.15, 0.2) is 8.32 Å². The summed E-state index contributed by atoms with van der Waals surface area (Å²) in [7, 11) is -5.24. The summed E-state index contributed by atoms with van der Waals surface area (Å²) in [6.07, 6.45) is 0. The highest BCUT2D eigenvalue weighted by molar-refractivity contribution is 7.89. The molecule has 2 aromatic carbocycles. The van der Waals surface area contributed by atoms with E-state index in [0.29, 0.717) is 0 Å². The van der Waals surface area contributed by atoms with Gasteiger partial charge in [-0.15, -0.1) is 0 Å². The first-order chi connectivity index (χ1) is 17.5. The number of sulfonamides is 1. The highest BCUT2D eigenvalue weighted by Crippen LogP contribution is 2.37. The van der Waals surface area contributed by atoms with Gasteiger partial charge in [0.1, 0.15) is 11.7 Å². The second-order valence-corrected chi connectivity index (χ2v) is 17.5. The minimum absolute atomic E-state index is 0.0219. The molecule has 38 heavy (non-hydrogen) atoms. The number of para-hydroxylation sites is 2. The molecule has 12 heteroatoms. The summed E-state index contributed by atoms with van der Waals surface area (Å²) in [5, 5.41) is 14.7. The third-order valence-corrected chi connectivity index (χ3v) is 13.4. The molecule has 0 amide bonds. The lowest BCUT2D eigenvalue weighted by Crippen LogP contribution is -2.51. The van der Waals surface area contributed by atoms with Crippen LogP contribution in [-0.2, 0) is 24.0 Å². The van der Waals surface area contributed by atoms with E-state index in [1.165, 1.54) is 32.2 Å². The molecule has 0 bridgehead atoms. The Morgan fingerprint density at radius 1 is 1.13 bits per heavy atom. The number of carbonyl (C=O) groups is 1. The van der Waals surface area contributed by atoms with Gasteiger partial charge in [-0.1, -0.05) is 50.6 Å². The second kappa shape index (κ2) is 12.4. The zero-order valence-corrected chi connectivity index (χ0v) is 25.2. The molecule has 2 atom stereocenters. The Labute approximate surface area is 226 Å². The van der Waals surface area contributed by atoms with Crippen LogP contribution in [0.4, 0.5) is 11.4 Å². The first-order valence-electron chi connectivity index (χ1n) is 12.3. The normalized spacial score (nSPS) is 14.1. The average Bonchev–Trinajstić information content (AvgIpc) is 2.84. The van der Waals surface area contributed by atoms with Crippen molar-refractivity contribution in [2.45, 2.75) is 69.7 Å². The molecule has 210 valence electrons. The van der Waals surface area contributed by atoms with Crippen LogP contribution in [0.2, 0.25) is 18.1 Å². The van der Waals surface area contributed by atoms with E-state index in [1.54, 1.807) is 30.3 Å². The topological polar surface area (TPSA) is 128 Å². The van der Waals surface area contributed by atoms with Gasteiger partial charge < -0.3 is 14.5 Å². The Balaban J connectivity index is 2.55. The number of esters is 1. The summed E-state index contributed by atoms with van der Waals surface area (Å²) in [5.74, 6) is -0.726. The number of anilines is 1. The van der Waals surface area contributed by atoms with Crippen molar-refractivity contribution in [3.05, 3.63) is 64.2 Å². The van der Waals surface area contributed by atoms with Crippen LogP contribution < -0.4 is 5.32 Å². The molecule has 0 aliphatic carbocycles. The van der Waals surface area contributed by atoms with Gasteiger partial charge in [-0.25, -0.2) is 8.42 Å². The fourth-order valence-corrected chi connectivity index (χ4v) is 6.14. The molecule has 0 aliphatic heterocycles. The number of hydrogen-bond acceptors (Lipinski definition) is 8. The molecular formula is C26H39N3O7SSi. The zero-order valence-electron chi connectivity index (χ0n) is 23.3. The first-order valence-corrected chi connectivity index (χ1v) is 16.7. The van der Waals surface area contributed by atoms with Crippen molar-refractivity contribution in [1.29, 1.82) is 0 Å². The first kappa shape index (κ1) is 31.4. The summed E-state index contributed by atoms with van der Waals surface area (Å²) in [6, 6.07) is 10.6. The monoisotopic (exact) mass is 565 g/mol. The third kappa shape index (κ3) is 7.62. The van der Waals surface area contributed by atoms with Crippen molar-refractivity contribution in [1.82, 2.24) is 4.31 Å². The molecule has 0 saturated carbocycles. The number of benzene rings is 2. The maximum atomic E-state index is 13.8. The molecule has 0 saturated heterocycles. The van der Waals surface area contributed by atoms with Crippen LogP contribution >= 0.6 is 0 Å². The number of nitrogens with one attached hydrogen (secondary N) is 1. The molecular weight excluding hydrogens is 526 g/mol. The number of carbonyl (C=O) groups excluding carboxylic acids is 1. The van der Waals surface area contributed by atoms with Gasteiger partial charge in [0.05, 0.1) is 29.6 Å². The maximum absolute atomic E-state index is 13.8. The van der Waals surface area contributed by atoms with Gasteiger partial charge in [-0.05, 0) is 50.2 Å². The molecule has 2 rings (SSSR count). The Morgan fingerprint density at radius 2 is 1.71 bits per heavy atom. The number of nitro benzene ring substituents is 1. The molecule has 10 nitrogen and oxygen atoms in total. The third-order valence-electron chi connectivity index (χ3n) is 6.91. The van der Waals surface area contributed by atoms with E-state index >= 15 is 0 Å². The minimum atomic E-state index is -4.15. The van der Waals surface area contributed by atoms with Crippen LogP contribution in [0.5, 0.6) is 0 Å². The predicted octanol–water partition coefficient (Wildman–Crippen LogP) is 4.96. The van der Waals surface area contributed by atoms with E-state index < -0.39 is 41.3 Å². The van der Waals surface area contributed by atoms with Crippen molar-refractivity contribution in [3.63, 3.8) is 0 Å². The molecule has 0 heterocycles. The van der Waals surface area contributed by atoms with E-state index in [2.05, 4.69) is 39.2 Å². The Morgan fingerprint density at radius 3 is 2.24 bits per heavy atom. The van der Waals surface area contributed by atoms with Crippen molar-refractivity contribution < 1.29 is 27.3 Å². The SMILES string of the molecule is COC(=O)[C@H](C)N(C[C@H](CO[Si](C)(C)C(C)(C)C)Nc1ccccc1[N+](=O)[O-])S(=O)(=O)c1ccc(C)cc1. The standard InChI is InChI=1S/C26H39N3O7SSi/c1-19-13-15-22(16-14-19)37(33,34)28(20(2)25(30)35-6)17-21(18-36-38(7,8)26(3,4)5)27-23-11-9-10-12-24(23)29(31)32/h9-16,20-21,27H,17-18H2,1-8H3/t20-,21+/m0/s1. The summed E-state index contributed by atoms with van der Waals surface area (Å²) in [6.45, 7) is 13.5. The minimum Gasteiger partial charge on any atom is -0.468 e. The number of nitrogens with zero attached hydrogens (tertiary/aromatic N) is 2. The van der Waals surface area contributed by atoms with Gasteiger partial charge in [-0.2, -0.15) is 4.31 Å². The summed E-state index contributed by atoms with van der Waals surface area (Å²) in [5.41, 5.74) is 0.953. The van der Waals surface area contributed by atoms with E-state index in [-0.39, 0.29) is 34.5 Å². The lowest BCUT2D eigenvalue weighted by molar-refractivity contribution is -0.384. The van der Waals surface area contributed by atoms with Crippen LogP contribution in [0.25, 0.3) is 0 Å². The average molecular weight is 566 g/mol. The smallest absolute Gasteiger partial charge is 0.323 e. The Bertz CT molecular complexity index is 1230. The fraction of sp³-hybridized carbons (Fsp3) is 0.500. The summed E-state index contributed by atoms with van der Waals surface area (Å²) < 4.78 is 39.9. The second-order valence-electron chi connectivity index (χ2n) is 10.8. The van der Waals surface area contributed by atoms with Crippen LogP contribution in [0, 0.1) is 17.0 Å². The van der Waals surface area contributed by atoms with Crippen LogP contribution in [0.3, 0.4) is 0 Å². The predicted molar refractivity (Wildman–Crippen MR) is 150 cm³/mol. The van der Waals surface area contributed by atoms with Crippen LogP contribution in [-0.4, -0.2) is 64.3 Å². The highest BCUT2D eigenvalue weighted by atomic mass is 32.2. The van der Waals surface area contributed by atoms with E-state index in [9.17, 15) is 23.3 Å². The molecule has 0 aromatic heterocycles. The van der Waals surface area contributed by atoms with Gasteiger partial charge in [0.2, 0.25) is 10.0 Å². The van der Waals surface area contributed by atoms with Crippen molar-refractivity contribution in [2.24, 2.45) is 0 Å². The lowest BCUT2D eigenvalue weighted by atomic mass is 10.2. The molecule has 0 unspecified atom stereocenters. The van der Waals surface area contributed by atoms with Crippen LogP contribution in [0.1, 0.15) is 33.3 Å². The fourth-order valence-electron chi connectivity index (χ4n) is 3.46. The van der Waals surface area contributed by atoms with E-state index in [0.717, 1.165) is 9.87 Å². The Kier molecular flexibility index (Phi) is 10.2. The van der Waals surface area contributed by atoms with E-state index in [4.69, 9.17) is 9.16 Å². The van der Waals surface area contributed by atoms with Gasteiger partial charge in [-0.3, -0.25) is 14.9 Å². The molecule has 0 fully saturated rings. The highest BCUT2D eigenvalue weighted by Gasteiger charge is 2.40. The molecule has 0 aliphatic rings. The molecule has 2 aromatic rings. The van der Waals surface area contributed by atoms with Crippen molar-refractivity contribution >= 4 is 35.7 Å². The van der Waals surface area contributed by atoms with Gasteiger partial charge in [0.25, 0.3) is 5.69 Å². The summed E-state index contributed by atoms with van der Waals surface area (Å²) >= 11 is 0. The van der Waals surface area contributed by atoms with Crippen LogP contribution in [0.15, 0.2) is 53.4 Å². The van der Waals surface area contributed by atoms with E-state index in [1.807, 2.05) is 6.92 Å². The molecule has 0 spiro atoms. The summed E-state index contributed by atoms with van der Waals surface area (Å²) in [4.78, 5) is 23.7. The van der Waals surface area contributed by atoms with Crippen molar-refractivity contribution in [2.75, 3.05) is 25.6 Å². The van der Waals surface area contributed by atoms with Crippen molar-refractivity contribution in [3.8, 4) is 0 Å². The quantitative estimate of drug-likeness (QED) is 0.166. The number of aryl methyl sites for hydroxylation is 1. The molecule has 1 N–H and O–H groups in total. The maximum Gasteiger partial charge on any atom is 0.323 e. The Hall–Kier alpha value is -2.80. The number of methoxy groups -OCH3 is 1. The number of ether oxygens (including phenoxy) is 1. The lowest BCUT2D eigenvalue weighted by Gasteiger charge is -2.38. The number of hydrogen-bond donors (Lipinski definition) is 1. The zero-order chi connectivity index (χ0) is 28.9. The number of rotatable bonds is 12. The van der Waals surface area contributed by atoms with Gasteiger partial charge in [0, 0.05) is 12.6 Å². The van der Waals surface area contributed by atoms with Gasteiger partial charge >= 0.3 is 5.97 Å². The number of nitro groups is 1.